The first-order valence-corrected chi connectivity index (χ1v) is 7.10. The number of aliphatic hydroxyl groups is 1. The van der Waals surface area contributed by atoms with Gasteiger partial charge in [0.15, 0.2) is 0 Å². The van der Waals surface area contributed by atoms with Crippen molar-refractivity contribution in [2.75, 3.05) is 19.8 Å². The van der Waals surface area contributed by atoms with Crippen molar-refractivity contribution in [2.24, 2.45) is 0 Å². The van der Waals surface area contributed by atoms with Crippen molar-refractivity contribution in [3.8, 4) is 0 Å². The van der Waals surface area contributed by atoms with E-state index in [1.807, 2.05) is 0 Å². The maximum atomic E-state index is 8.51. The van der Waals surface area contributed by atoms with Crippen LogP contribution in [0.25, 0.3) is 0 Å². The molecule has 106 valence electrons. The lowest BCUT2D eigenvalue weighted by Gasteiger charge is -1.98. The van der Waals surface area contributed by atoms with Crippen LogP contribution >= 0.6 is 0 Å². The summed E-state index contributed by atoms with van der Waals surface area (Å²) in [5.74, 6) is 0. The van der Waals surface area contributed by atoms with Crippen molar-refractivity contribution in [2.45, 2.75) is 71.1 Å². The van der Waals surface area contributed by atoms with Crippen molar-refractivity contribution < 1.29 is 15.3 Å². The average Bonchev–Trinajstić information content (AvgIpc) is 2.87. The third-order valence-corrected chi connectivity index (χ3v) is 2.84. The van der Waals surface area contributed by atoms with Crippen molar-refractivity contribution in [3.63, 3.8) is 0 Å². The minimum atomic E-state index is 0. The van der Waals surface area contributed by atoms with E-state index in [1.165, 1.54) is 57.8 Å². The molecule has 17 heavy (non-hydrogen) atoms. The van der Waals surface area contributed by atoms with Gasteiger partial charge in [-0.05, 0) is 19.3 Å². The van der Waals surface area contributed by atoms with Gasteiger partial charge in [-0.2, -0.15) is 0 Å². The van der Waals surface area contributed by atoms with Gasteiger partial charge in [0.25, 0.3) is 0 Å². The van der Waals surface area contributed by atoms with Crippen LogP contribution in [-0.2, 0) is 4.74 Å². The van der Waals surface area contributed by atoms with Gasteiger partial charge in [0.1, 0.15) is 0 Å². The second kappa shape index (κ2) is 18.3. The van der Waals surface area contributed by atoms with E-state index < -0.39 is 0 Å². The molecule has 3 nitrogen and oxygen atoms in total. The Morgan fingerprint density at radius 1 is 0.824 bits per heavy atom. The number of rotatable bonds is 8. The number of hydrogen-bond acceptors (Lipinski definition) is 2. The first-order valence-electron chi connectivity index (χ1n) is 7.10. The molecule has 3 N–H and O–H groups in total. The molecule has 0 radical (unpaired) electrons. The predicted molar refractivity (Wildman–Crippen MR) is 73.4 cm³/mol. The summed E-state index contributed by atoms with van der Waals surface area (Å²) in [4.78, 5) is 0. The lowest BCUT2D eigenvalue weighted by molar-refractivity contribution is 0.198. The molecule has 1 saturated heterocycles. The molecule has 3 heteroatoms. The summed E-state index contributed by atoms with van der Waals surface area (Å²) in [6.45, 7) is 4.61. The third kappa shape index (κ3) is 18.4. The van der Waals surface area contributed by atoms with Crippen LogP contribution in [0.1, 0.15) is 71.1 Å². The maximum Gasteiger partial charge on any atom is 0.0466 e. The molecule has 0 aromatic rings. The van der Waals surface area contributed by atoms with Crippen molar-refractivity contribution in [1.29, 1.82) is 0 Å². The predicted octanol–water partition coefficient (Wildman–Crippen LogP) is 3.09. The fourth-order valence-electron chi connectivity index (χ4n) is 1.76. The maximum absolute atomic E-state index is 8.51. The van der Waals surface area contributed by atoms with E-state index in [2.05, 4.69) is 6.92 Å². The number of hydrogen-bond donors (Lipinski definition) is 1. The molecule has 0 saturated carbocycles. The lowest BCUT2D eigenvalue weighted by atomic mass is 10.1. The second-order valence-electron chi connectivity index (χ2n) is 4.52. The van der Waals surface area contributed by atoms with Gasteiger partial charge >= 0.3 is 0 Å². The standard InChI is InChI=1S/C10H22O.C4H8O.H2O/c1-2-3-4-5-6-7-8-9-10-11;1-2-4-5-3-1;/h11H,2-10H2,1H3;1-4H2;1H2. The molecule has 0 aromatic heterocycles. The summed E-state index contributed by atoms with van der Waals surface area (Å²) < 4.78 is 4.94. The van der Waals surface area contributed by atoms with E-state index in [0.29, 0.717) is 6.61 Å². The van der Waals surface area contributed by atoms with Crippen LogP contribution in [0.4, 0.5) is 0 Å². The van der Waals surface area contributed by atoms with E-state index >= 15 is 0 Å². The fourth-order valence-corrected chi connectivity index (χ4v) is 1.76. The first-order chi connectivity index (χ1) is 7.91. The van der Waals surface area contributed by atoms with Crippen LogP contribution in [-0.4, -0.2) is 30.4 Å². The van der Waals surface area contributed by atoms with Gasteiger partial charge in [-0.1, -0.05) is 51.9 Å². The van der Waals surface area contributed by atoms with Gasteiger partial charge in [0, 0.05) is 19.8 Å². The molecule has 0 aromatic carbocycles. The fraction of sp³-hybridized carbons (Fsp3) is 1.00. The molecular weight excluding hydrogens is 216 g/mol. The van der Waals surface area contributed by atoms with Gasteiger partial charge in [-0.3, -0.25) is 0 Å². The van der Waals surface area contributed by atoms with Crippen LogP contribution < -0.4 is 0 Å². The molecule has 1 heterocycles. The molecule has 1 aliphatic heterocycles. The summed E-state index contributed by atoms with van der Waals surface area (Å²) >= 11 is 0. The van der Waals surface area contributed by atoms with E-state index in [1.54, 1.807) is 0 Å². The summed E-state index contributed by atoms with van der Waals surface area (Å²) in [5.41, 5.74) is 0. The molecule has 0 atom stereocenters. The minimum Gasteiger partial charge on any atom is -0.412 e. The highest BCUT2D eigenvalue weighted by molar-refractivity contribution is 4.45. The van der Waals surface area contributed by atoms with Crippen LogP contribution in [0.15, 0.2) is 0 Å². The summed E-state index contributed by atoms with van der Waals surface area (Å²) in [6, 6.07) is 0. The van der Waals surface area contributed by atoms with Gasteiger partial charge in [0.05, 0.1) is 0 Å². The van der Waals surface area contributed by atoms with Crippen LogP contribution in [0, 0.1) is 0 Å². The normalized spacial score (nSPS) is 13.8. The van der Waals surface area contributed by atoms with Gasteiger partial charge in [0.2, 0.25) is 0 Å². The molecular formula is C14H32O3. The van der Waals surface area contributed by atoms with Gasteiger partial charge < -0.3 is 15.3 Å². The molecule has 1 rings (SSSR count). The Morgan fingerprint density at radius 3 is 1.65 bits per heavy atom. The minimum absolute atomic E-state index is 0. The van der Waals surface area contributed by atoms with E-state index in [9.17, 15) is 0 Å². The quantitative estimate of drug-likeness (QED) is 0.671. The Morgan fingerprint density at radius 2 is 1.29 bits per heavy atom. The summed E-state index contributed by atoms with van der Waals surface area (Å²) in [5, 5.41) is 8.51. The molecule has 1 aliphatic rings. The zero-order valence-corrected chi connectivity index (χ0v) is 11.5. The molecule has 0 aliphatic carbocycles. The third-order valence-electron chi connectivity index (χ3n) is 2.84. The molecule has 0 bridgehead atoms. The summed E-state index contributed by atoms with van der Waals surface area (Å²) in [7, 11) is 0. The number of aliphatic hydroxyl groups excluding tert-OH is 1. The Balaban J connectivity index is 0. The average molecular weight is 248 g/mol. The first kappa shape index (κ1) is 19.2. The molecule has 0 spiro atoms. The summed E-state index contributed by atoms with van der Waals surface area (Å²) in [6.07, 6.45) is 12.9. The topological polar surface area (TPSA) is 61.0 Å². The van der Waals surface area contributed by atoms with Gasteiger partial charge in [-0.25, -0.2) is 0 Å². The number of ether oxygens (including phenoxy) is 1. The number of unbranched alkanes of at least 4 members (excludes halogenated alkanes) is 7. The van der Waals surface area contributed by atoms with E-state index in [-0.39, 0.29) is 5.48 Å². The van der Waals surface area contributed by atoms with Crippen molar-refractivity contribution in [1.82, 2.24) is 0 Å². The second-order valence-corrected chi connectivity index (χ2v) is 4.52. The molecule has 0 unspecified atom stereocenters. The highest BCUT2D eigenvalue weighted by Gasteiger charge is 1.94. The molecule has 1 fully saturated rings. The van der Waals surface area contributed by atoms with Gasteiger partial charge in [-0.15, -0.1) is 0 Å². The van der Waals surface area contributed by atoms with E-state index in [0.717, 1.165) is 19.6 Å². The Hall–Kier alpha value is -0.120. The van der Waals surface area contributed by atoms with Crippen molar-refractivity contribution in [3.05, 3.63) is 0 Å². The zero-order valence-electron chi connectivity index (χ0n) is 11.5. The highest BCUT2D eigenvalue weighted by atomic mass is 16.5. The van der Waals surface area contributed by atoms with Crippen LogP contribution in [0.3, 0.4) is 0 Å². The zero-order chi connectivity index (χ0) is 11.9. The van der Waals surface area contributed by atoms with Crippen LogP contribution in [0.2, 0.25) is 0 Å². The highest BCUT2D eigenvalue weighted by Crippen LogP contribution is 2.07. The smallest absolute Gasteiger partial charge is 0.0466 e. The van der Waals surface area contributed by atoms with Crippen LogP contribution in [0.5, 0.6) is 0 Å². The molecule has 0 amide bonds. The SMILES string of the molecule is C1CCOC1.CCCCCCCCCCO.O. The Bertz CT molecular complexity index is 98.4. The Kier molecular flexibility index (Phi) is 20.6. The van der Waals surface area contributed by atoms with E-state index in [4.69, 9.17) is 9.84 Å². The van der Waals surface area contributed by atoms with Crippen molar-refractivity contribution >= 4 is 0 Å². The largest absolute Gasteiger partial charge is 0.412 e. The monoisotopic (exact) mass is 248 g/mol. The lowest BCUT2D eigenvalue weighted by Crippen LogP contribution is -1.83. The Labute approximate surface area is 107 Å².